The van der Waals surface area contributed by atoms with E-state index in [1.165, 1.54) is 0 Å². The molecule has 120 valence electrons. The quantitative estimate of drug-likeness (QED) is 0.781. The average Bonchev–Trinajstić information content (AvgIpc) is 2.56. The minimum Gasteiger partial charge on any atom is -0.497 e. The fourth-order valence-electron chi connectivity index (χ4n) is 2.69. The van der Waals surface area contributed by atoms with E-state index in [1.807, 2.05) is 24.3 Å². The van der Waals surface area contributed by atoms with Gasteiger partial charge in [-0.3, -0.25) is 9.59 Å². The van der Waals surface area contributed by atoms with Crippen molar-refractivity contribution in [1.29, 1.82) is 0 Å². The molecule has 0 aliphatic carbocycles. The van der Waals surface area contributed by atoms with Gasteiger partial charge in [-0.25, -0.2) is 0 Å². The highest BCUT2D eigenvalue weighted by molar-refractivity contribution is 5.80. The van der Waals surface area contributed by atoms with Gasteiger partial charge in [-0.15, -0.1) is 0 Å². The number of carbonyl (C=O) groups is 2. The second-order valence-electron chi connectivity index (χ2n) is 5.46. The molecule has 1 aliphatic heterocycles. The number of carbonyl (C=O) groups excluding carboxylic acids is 2. The molecule has 1 amide bonds. The van der Waals surface area contributed by atoms with Gasteiger partial charge in [0.05, 0.1) is 26.1 Å². The third-order valence-corrected chi connectivity index (χ3v) is 3.91. The molecule has 1 aromatic carbocycles. The van der Waals surface area contributed by atoms with Gasteiger partial charge in [-0.2, -0.15) is 0 Å². The Hall–Kier alpha value is -2.04. The maximum atomic E-state index is 12.4. The van der Waals surface area contributed by atoms with Crippen molar-refractivity contribution in [2.45, 2.75) is 26.2 Å². The van der Waals surface area contributed by atoms with E-state index in [2.05, 4.69) is 0 Å². The summed E-state index contributed by atoms with van der Waals surface area (Å²) in [5, 5.41) is 0. The summed E-state index contributed by atoms with van der Waals surface area (Å²) >= 11 is 0. The predicted molar refractivity (Wildman–Crippen MR) is 82.6 cm³/mol. The molecule has 1 aliphatic rings. The number of esters is 1. The Labute approximate surface area is 131 Å². The van der Waals surface area contributed by atoms with Crippen LogP contribution in [-0.4, -0.2) is 43.6 Å². The molecule has 1 fully saturated rings. The number of methoxy groups -OCH3 is 1. The molecule has 5 heteroatoms. The number of likely N-dealkylation sites (tertiary alicyclic amines) is 1. The van der Waals surface area contributed by atoms with Crippen LogP contribution in [0.25, 0.3) is 0 Å². The molecule has 0 radical (unpaired) electrons. The highest BCUT2D eigenvalue weighted by atomic mass is 16.5. The number of piperidine rings is 1. The van der Waals surface area contributed by atoms with Crippen molar-refractivity contribution in [3.8, 4) is 5.75 Å². The van der Waals surface area contributed by atoms with Gasteiger partial charge in [0.15, 0.2) is 0 Å². The lowest BCUT2D eigenvalue weighted by molar-refractivity contribution is -0.151. The topological polar surface area (TPSA) is 55.8 Å². The summed E-state index contributed by atoms with van der Waals surface area (Å²) in [6, 6.07) is 7.48. The highest BCUT2D eigenvalue weighted by Crippen LogP contribution is 2.19. The first-order valence-electron chi connectivity index (χ1n) is 7.71. The van der Waals surface area contributed by atoms with Gasteiger partial charge in [0.25, 0.3) is 0 Å². The van der Waals surface area contributed by atoms with Crippen molar-refractivity contribution in [2.75, 3.05) is 26.8 Å². The molecule has 1 atom stereocenters. The molecule has 0 aromatic heterocycles. The van der Waals surface area contributed by atoms with Crippen LogP contribution in [0.1, 0.15) is 25.3 Å². The Bertz CT molecular complexity index is 512. The molecule has 0 spiro atoms. The van der Waals surface area contributed by atoms with Crippen LogP contribution >= 0.6 is 0 Å². The fraction of sp³-hybridized carbons (Fsp3) is 0.529. The van der Waals surface area contributed by atoms with E-state index in [-0.39, 0.29) is 17.8 Å². The molecule has 22 heavy (non-hydrogen) atoms. The Balaban J connectivity index is 1.92. The van der Waals surface area contributed by atoms with E-state index in [0.29, 0.717) is 26.1 Å². The molecule has 0 N–H and O–H groups in total. The molecule has 0 saturated carbocycles. The molecule has 0 bridgehead atoms. The zero-order valence-electron chi connectivity index (χ0n) is 13.2. The van der Waals surface area contributed by atoms with E-state index in [0.717, 1.165) is 24.2 Å². The van der Waals surface area contributed by atoms with E-state index in [9.17, 15) is 9.59 Å². The van der Waals surface area contributed by atoms with Gasteiger partial charge in [0.1, 0.15) is 5.75 Å². The van der Waals surface area contributed by atoms with Crippen molar-refractivity contribution in [2.24, 2.45) is 5.92 Å². The number of hydrogen-bond acceptors (Lipinski definition) is 4. The van der Waals surface area contributed by atoms with E-state index >= 15 is 0 Å². The smallest absolute Gasteiger partial charge is 0.310 e. The zero-order chi connectivity index (χ0) is 15.9. The van der Waals surface area contributed by atoms with Crippen LogP contribution in [0.3, 0.4) is 0 Å². The lowest BCUT2D eigenvalue weighted by atomic mass is 9.97. The summed E-state index contributed by atoms with van der Waals surface area (Å²) in [5.74, 6) is 0.452. The molecule has 5 nitrogen and oxygen atoms in total. The van der Waals surface area contributed by atoms with Crippen molar-refractivity contribution in [3.63, 3.8) is 0 Å². The summed E-state index contributed by atoms with van der Waals surface area (Å²) in [5.41, 5.74) is 0.948. The van der Waals surface area contributed by atoms with Crippen LogP contribution < -0.4 is 4.74 Å². The second-order valence-corrected chi connectivity index (χ2v) is 5.46. The number of nitrogens with zero attached hydrogens (tertiary/aromatic N) is 1. The first-order chi connectivity index (χ1) is 10.6. The normalized spacial score (nSPS) is 17.9. The van der Waals surface area contributed by atoms with Gasteiger partial charge >= 0.3 is 5.97 Å². The Morgan fingerprint density at radius 2 is 2.00 bits per heavy atom. The monoisotopic (exact) mass is 305 g/mol. The predicted octanol–water partition coefficient (Wildman–Crippen LogP) is 2.04. The number of benzene rings is 1. The van der Waals surface area contributed by atoms with Gasteiger partial charge in [0, 0.05) is 13.1 Å². The maximum absolute atomic E-state index is 12.4. The van der Waals surface area contributed by atoms with Crippen LogP contribution in [0.15, 0.2) is 24.3 Å². The largest absolute Gasteiger partial charge is 0.497 e. The van der Waals surface area contributed by atoms with E-state index < -0.39 is 0 Å². The Morgan fingerprint density at radius 3 is 2.64 bits per heavy atom. The third-order valence-electron chi connectivity index (χ3n) is 3.91. The van der Waals surface area contributed by atoms with Crippen LogP contribution in [-0.2, 0) is 20.7 Å². The molecule has 1 heterocycles. The maximum Gasteiger partial charge on any atom is 0.310 e. The first-order valence-corrected chi connectivity index (χ1v) is 7.71. The number of rotatable bonds is 5. The summed E-state index contributed by atoms with van der Waals surface area (Å²) in [4.78, 5) is 26.0. The van der Waals surface area contributed by atoms with Gasteiger partial charge in [-0.1, -0.05) is 12.1 Å². The first kappa shape index (κ1) is 16.3. The Morgan fingerprint density at radius 1 is 1.27 bits per heavy atom. The number of amides is 1. The molecule has 1 aromatic rings. The molecule has 1 saturated heterocycles. The molecule has 2 rings (SSSR count). The number of hydrogen-bond donors (Lipinski definition) is 0. The summed E-state index contributed by atoms with van der Waals surface area (Å²) in [7, 11) is 1.61. The SMILES string of the molecule is CCOC(=O)C1CCCN(C(=O)Cc2ccc(OC)cc2)C1. The van der Waals surface area contributed by atoms with Crippen molar-refractivity contribution in [1.82, 2.24) is 4.90 Å². The second kappa shape index (κ2) is 7.82. The minimum absolute atomic E-state index is 0.0548. The van der Waals surface area contributed by atoms with E-state index in [1.54, 1.807) is 18.9 Å². The van der Waals surface area contributed by atoms with E-state index in [4.69, 9.17) is 9.47 Å². The van der Waals surface area contributed by atoms with Gasteiger partial charge in [-0.05, 0) is 37.5 Å². The standard InChI is InChI=1S/C17H23NO4/c1-3-22-17(20)14-5-4-10-18(12-14)16(19)11-13-6-8-15(21-2)9-7-13/h6-9,14H,3-5,10-12H2,1-2H3. The van der Waals surface area contributed by atoms with Crippen molar-refractivity contribution in [3.05, 3.63) is 29.8 Å². The highest BCUT2D eigenvalue weighted by Gasteiger charge is 2.29. The third kappa shape index (κ3) is 4.23. The van der Waals surface area contributed by atoms with Crippen LogP contribution in [0.4, 0.5) is 0 Å². The fourth-order valence-corrected chi connectivity index (χ4v) is 2.69. The van der Waals surface area contributed by atoms with Gasteiger partial charge < -0.3 is 14.4 Å². The molecular weight excluding hydrogens is 282 g/mol. The van der Waals surface area contributed by atoms with Crippen molar-refractivity contribution < 1.29 is 19.1 Å². The Kier molecular flexibility index (Phi) is 5.81. The molecular formula is C17H23NO4. The number of ether oxygens (including phenoxy) is 2. The summed E-state index contributed by atoms with van der Waals surface area (Å²) in [6.45, 7) is 3.36. The van der Waals surface area contributed by atoms with Crippen LogP contribution in [0, 0.1) is 5.92 Å². The lowest BCUT2D eigenvalue weighted by Crippen LogP contribution is -2.43. The van der Waals surface area contributed by atoms with Crippen LogP contribution in [0.2, 0.25) is 0 Å². The summed E-state index contributed by atoms with van der Waals surface area (Å²) < 4.78 is 10.2. The molecule has 1 unspecified atom stereocenters. The average molecular weight is 305 g/mol. The lowest BCUT2D eigenvalue weighted by Gasteiger charge is -2.31. The summed E-state index contributed by atoms with van der Waals surface area (Å²) in [6.07, 6.45) is 1.99. The minimum atomic E-state index is -0.190. The van der Waals surface area contributed by atoms with Gasteiger partial charge in [0.2, 0.25) is 5.91 Å². The zero-order valence-corrected chi connectivity index (χ0v) is 13.2. The van der Waals surface area contributed by atoms with Crippen LogP contribution in [0.5, 0.6) is 5.75 Å². The van der Waals surface area contributed by atoms with Crippen molar-refractivity contribution >= 4 is 11.9 Å².